The Morgan fingerprint density at radius 3 is 2.47 bits per heavy atom. The van der Waals surface area contributed by atoms with Gasteiger partial charge >= 0.3 is 6.11 Å². The second-order valence-electron chi connectivity index (χ2n) is 9.44. The van der Waals surface area contributed by atoms with Crippen LogP contribution in [0.5, 0.6) is 5.75 Å². The minimum Gasteiger partial charge on any atom is -0.433 e. The van der Waals surface area contributed by atoms with Gasteiger partial charge in [0, 0.05) is 64.3 Å². The minimum atomic E-state index is -3.18. The van der Waals surface area contributed by atoms with Crippen molar-refractivity contribution in [1.82, 2.24) is 9.80 Å². The summed E-state index contributed by atoms with van der Waals surface area (Å²) in [6.07, 6.45) is 1.40. The fourth-order valence-corrected chi connectivity index (χ4v) is 5.03. The molecule has 2 unspecified atom stereocenters. The Balaban J connectivity index is 1.25. The van der Waals surface area contributed by atoms with Gasteiger partial charge in [-0.1, -0.05) is 6.08 Å². The molecule has 2 atom stereocenters. The summed E-state index contributed by atoms with van der Waals surface area (Å²) in [7, 11) is 0. The molecule has 0 bridgehead atoms. The molecule has 0 saturated carbocycles. The van der Waals surface area contributed by atoms with Crippen molar-refractivity contribution in [1.29, 1.82) is 0 Å². The van der Waals surface area contributed by atoms with E-state index in [0.717, 1.165) is 64.7 Å². The van der Waals surface area contributed by atoms with Gasteiger partial charge in [0.25, 0.3) is 0 Å². The van der Waals surface area contributed by atoms with Crippen LogP contribution in [0.25, 0.3) is 0 Å². The van der Waals surface area contributed by atoms with E-state index in [2.05, 4.69) is 28.0 Å². The van der Waals surface area contributed by atoms with E-state index in [-0.39, 0.29) is 17.7 Å². The van der Waals surface area contributed by atoms with E-state index < -0.39 is 6.11 Å². The van der Waals surface area contributed by atoms with Crippen molar-refractivity contribution >= 4 is 11.6 Å². The van der Waals surface area contributed by atoms with Crippen molar-refractivity contribution in [2.75, 3.05) is 44.2 Å². The first-order chi connectivity index (χ1) is 15.2. The van der Waals surface area contributed by atoms with Crippen molar-refractivity contribution in [3.8, 4) is 5.75 Å². The summed E-state index contributed by atoms with van der Waals surface area (Å²) < 4.78 is 30.6. The van der Waals surface area contributed by atoms with E-state index >= 15 is 0 Å². The van der Waals surface area contributed by atoms with E-state index in [9.17, 15) is 13.6 Å². The van der Waals surface area contributed by atoms with Gasteiger partial charge in [-0.05, 0) is 61.1 Å². The van der Waals surface area contributed by atoms with Crippen LogP contribution in [0.3, 0.4) is 0 Å². The Labute approximate surface area is 189 Å². The Bertz CT molecular complexity index is 860. The number of carbonyl (C=O) groups is 1. The standard InChI is InChI=1S/C25H33F2N3O2/c1-4-5-19-10-11-28(13-19)24(31)12-18(2)29-14-20-16-30(17-21(20)15-29)22-6-8-23(9-7-22)32-25(3,26)27/h4,6-9,18-19H,1,5,10-17H2,2-3H3. The topological polar surface area (TPSA) is 36.0 Å². The van der Waals surface area contributed by atoms with E-state index in [0.29, 0.717) is 12.3 Å². The molecule has 3 aliphatic rings. The van der Waals surface area contributed by atoms with Crippen molar-refractivity contribution in [2.24, 2.45) is 5.92 Å². The van der Waals surface area contributed by atoms with Gasteiger partial charge in [-0.15, -0.1) is 6.58 Å². The maximum atomic E-state index is 13.0. The van der Waals surface area contributed by atoms with Crippen molar-refractivity contribution < 1.29 is 18.3 Å². The fraction of sp³-hybridized carbons (Fsp3) is 0.560. The highest BCUT2D eigenvalue weighted by Crippen LogP contribution is 2.32. The van der Waals surface area contributed by atoms with Crippen LogP contribution in [0.15, 0.2) is 48.1 Å². The lowest BCUT2D eigenvalue weighted by atomic mass is 10.1. The predicted octanol–water partition coefficient (Wildman–Crippen LogP) is 4.31. The van der Waals surface area contributed by atoms with Crippen molar-refractivity contribution in [3.05, 3.63) is 48.1 Å². The molecule has 1 amide bonds. The lowest BCUT2D eigenvalue weighted by Gasteiger charge is -2.29. The quantitative estimate of drug-likeness (QED) is 0.559. The average molecular weight is 446 g/mol. The first-order valence-corrected chi connectivity index (χ1v) is 11.5. The number of nitrogens with zero attached hydrogens (tertiary/aromatic N) is 3. The first kappa shape index (κ1) is 22.8. The molecule has 3 heterocycles. The number of rotatable bonds is 8. The second-order valence-corrected chi connectivity index (χ2v) is 9.44. The number of allylic oxidation sites excluding steroid dienone is 1. The Morgan fingerprint density at radius 1 is 1.22 bits per heavy atom. The number of hydrogen-bond donors (Lipinski definition) is 0. The van der Waals surface area contributed by atoms with Gasteiger partial charge in [-0.25, -0.2) is 0 Å². The zero-order chi connectivity index (χ0) is 22.9. The molecule has 1 aromatic rings. The molecule has 5 nitrogen and oxygen atoms in total. The molecule has 32 heavy (non-hydrogen) atoms. The normalized spacial score (nSPS) is 22.4. The number of benzene rings is 1. The van der Waals surface area contributed by atoms with Gasteiger partial charge in [-0.2, -0.15) is 8.78 Å². The molecule has 1 saturated heterocycles. The molecule has 3 aliphatic heterocycles. The molecule has 1 fully saturated rings. The van der Waals surface area contributed by atoms with Crippen LogP contribution in [0.2, 0.25) is 0 Å². The largest absolute Gasteiger partial charge is 0.433 e. The molecule has 0 N–H and O–H groups in total. The monoisotopic (exact) mass is 445 g/mol. The zero-order valence-corrected chi connectivity index (χ0v) is 19.0. The molecule has 0 aliphatic carbocycles. The Morgan fingerprint density at radius 2 is 1.88 bits per heavy atom. The average Bonchev–Trinajstić information content (AvgIpc) is 3.42. The molecular weight excluding hydrogens is 412 g/mol. The Hall–Kier alpha value is -2.41. The number of hydrogen-bond acceptors (Lipinski definition) is 4. The van der Waals surface area contributed by atoms with E-state index in [1.807, 2.05) is 23.1 Å². The SMILES string of the molecule is C=CCC1CCN(C(=O)CC(C)N2CC3=C(CN(c4ccc(OC(C)(F)F)cc4)C3)C2)C1. The maximum Gasteiger partial charge on any atom is 0.394 e. The third kappa shape index (κ3) is 5.31. The molecule has 7 heteroatoms. The second kappa shape index (κ2) is 9.22. The third-order valence-corrected chi connectivity index (χ3v) is 6.78. The number of anilines is 1. The predicted molar refractivity (Wildman–Crippen MR) is 122 cm³/mol. The van der Waals surface area contributed by atoms with E-state index in [4.69, 9.17) is 0 Å². The van der Waals surface area contributed by atoms with E-state index in [1.165, 1.54) is 11.1 Å². The summed E-state index contributed by atoms with van der Waals surface area (Å²) in [5.41, 5.74) is 3.83. The highest BCUT2D eigenvalue weighted by Gasteiger charge is 2.34. The number of likely N-dealkylation sites (tertiary alicyclic amines) is 1. The molecule has 0 radical (unpaired) electrons. The highest BCUT2D eigenvalue weighted by atomic mass is 19.3. The molecule has 0 aromatic heterocycles. The number of amides is 1. The lowest BCUT2D eigenvalue weighted by Crippen LogP contribution is -2.39. The number of halogens is 2. The molecule has 174 valence electrons. The molecule has 1 aromatic carbocycles. The van der Waals surface area contributed by atoms with Crippen molar-refractivity contribution in [2.45, 2.75) is 45.3 Å². The van der Waals surface area contributed by atoms with Crippen LogP contribution in [-0.4, -0.2) is 67.1 Å². The van der Waals surface area contributed by atoms with Crippen LogP contribution in [0.1, 0.15) is 33.1 Å². The summed E-state index contributed by atoms with van der Waals surface area (Å²) >= 11 is 0. The Kier molecular flexibility index (Phi) is 6.56. The van der Waals surface area contributed by atoms with Crippen LogP contribution in [-0.2, 0) is 4.79 Å². The summed E-state index contributed by atoms with van der Waals surface area (Å²) in [5, 5.41) is 0. The van der Waals surface area contributed by atoms with Crippen LogP contribution >= 0.6 is 0 Å². The lowest BCUT2D eigenvalue weighted by molar-refractivity contribution is -0.158. The fourth-order valence-electron chi connectivity index (χ4n) is 5.03. The number of carbonyl (C=O) groups excluding carboxylic acids is 1. The summed E-state index contributed by atoms with van der Waals surface area (Å²) in [5.74, 6) is 0.992. The van der Waals surface area contributed by atoms with Gasteiger partial charge in [0.15, 0.2) is 0 Å². The summed E-state index contributed by atoms with van der Waals surface area (Å²) in [6, 6.07) is 7.06. The summed E-state index contributed by atoms with van der Waals surface area (Å²) in [6.45, 7) is 11.9. The van der Waals surface area contributed by atoms with Gasteiger partial charge < -0.3 is 14.5 Å². The third-order valence-electron chi connectivity index (χ3n) is 6.78. The first-order valence-electron chi connectivity index (χ1n) is 11.5. The molecule has 4 rings (SSSR count). The van der Waals surface area contributed by atoms with Crippen LogP contribution in [0.4, 0.5) is 14.5 Å². The molecular formula is C25H33F2N3O2. The number of alkyl halides is 2. The van der Waals surface area contributed by atoms with Crippen LogP contribution < -0.4 is 9.64 Å². The molecule has 0 spiro atoms. The van der Waals surface area contributed by atoms with Crippen LogP contribution in [0, 0.1) is 5.92 Å². The van der Waals surface area contributed by atoms with Gasteiger partial charge in [0.2, 0.25) is 5.91 Å². The van der Waals surface area contributed by atoms with Crippen molar-refractivity contribution in [3.63, 3.8) is 0 Å². The number of ether oxygens (including phenoxy) is 1. The highest BCUT2D eigenvalue weighted by molar-refractivity contribution is 5.77. The maximum absolute atomic E-state index is 13.0. The van der Waals surface area contributed by atoms with Gasteiger partial charge in [-0.3, -0.25) is 9.69 Å². The zero-order valence-electron chi connectivity index (χ0n) is 19.0. The summed E-state index contributed by atoms with van der Waals surface area (Å²) in [4.78, 5) is 19.4. The van der Waals surface area contributed by atoms with Gasteiger partial charge in [0.1, 0.15) is 5.75 Å². The minimum absolute atomic E-state index is 0.166. The smallest absolute Gasteiger partial charge is 0.394 e. The van der Waals surface area contributed by atoms with E-state index in [1.54, 1.807) is 12.1 Å². The van der Waals surface area contributed by atoms with Gasteiger partial charge in [0.05, 0.1) is 0 Å².